The van der Waals surface area contributed by atoms with Crippen LogP contribution in [0.25, 0.3) is 0 Å². The number of hydrogen-bond acceptors (Lipinski definition) is 3. The fraction of sp³-hybridized carbons (Fsp3) is 1.00. The van der Waals surface area contributed by atoms with E-state index in [0.29, 0.717) is 12.3 Å². The first-order chi connectivity index (χ1) is 5.20. The summed E-state index contributed by atoms with van der Waals surface area (Å²) in [5.74, 6) is 0.323. The Hall–Kier alpha value is -0.120. The minimum atomic E-state index is -1.18. The molecule has 0 heterocycles. The van der Waals surface area contributed by atoms with Crippen LogP contribution in [-0.2, 0) is 0 Å². The summed E-state index contributed by atoms with van der Waals surface area (Å²) in [6, 6.07) is 0.186. The maximum absolute atomic E-state index is 8.72. The van der Waals surface area contributed by atoms with E-state index in [9.17, 15) is 0 Å². The summed E-state index contributed by atoms with van der Waals surface area (Å²) < 4.78 is 0. The van der Waals surface area contributed by atoms with Crippen LogP contribution in [-0.4, -0.2) is 22.5 Å². The van der Waals surface area contributed by atoms with Crippen molar-refractivity contribution in [2.75, 3.05) is 0 Å². The summed E-state index contributed by atoms with van der Waals surface area (Å²) in [7, 11) is 0. The highest BCUT2D eigenvalue weighted by Crippen LogP contribution is 2.26. The molecule has 0 aromatic carbocycles. The van der Waals surface area contributed by atoms with Crippen LogP contribution in [0.15, 0.2) is 0 Å². The Balaban J connectivity index is 2.29. The van der Waals surface area contributed by atoms with Gasteiger partial charge in [-0.05, 0) is 18.8 Å². The molecule has 0 aromatic heterocycles. The molecule has 0 aliphatic heterocycles. The molecule has 4 N–H and O–H groups in total. The quantitative estimate of drug-likeness (QED) is 0.504. The van der Waals surface area contributed by atoms with E-state index in [4.69, 9.17) is 15.9 Å². The first kappa shape index (κ1) is 8.97. The third kappa shape index (κ3) is 2.77. The second-order valence-electron chi connectivity index (χ2n) is 3.42. The van der Waals surface area contributed by atoms with Crippen molar-refractivity contribution in [1.29, 1.82) is 0 Å². The Bertz CT molecular complexity index is 117. The zero-order chi connectivity index (χ0) is 8.27. The molecular formula is C8H17NO2. The van der Waals surface area contributed by atoms with Crippen molar-refractivity contribution in [3.05, 3.63) is 0 Å². The number of aliphatic hydroxyl groups is 2. The van der Waals surface area contributed by atoms with Crippen molar-refractivity contribution in [3.63, 3.8) is 0 Å². The standard InChI is InChI=1S/C8H17NO2/c9-7-4-2-1-3-6(7)5-8(10)11/h6-8,10-11H,1-5,9H2/t6-,7-/m0/s1. The molecule has 3 heteroatoms. The normalized spacial score (nSPS) is 32.7. The van der Waals surface area contributed by atoms with E-state index in [1.807, 2.05) is 0 Å². The molecule has 1 aliphatic rings. The maximum Gasteiger partial charge on any atom is 0.151 e. The maximum atomic E-state index is 8.72. The number of rotatable bonds is 2. The molecule has 2 atom stereocenters. The molecule has 0 aromatic rings. The molecule has 0 saturated heterocycles. The first-order valence-corrected chi connectivity index (χ1v) is 4.32. The zero-order valence-corrected chi connectivity index (χ0v) is 6.74. The summed E-state index contributed by atoms with van der Waals surface area (Å²) in [6.07, 6.45) is 3.74. The highest BCUT2D eigenvalue weighted by molar-refractivity contribution is 4.77. The third-order valence-corrected chi connectivity index (χ3v) is 2.48. The third-order valence-electron chi connectivity index (χ3n) is 2.48. The molecule has 0 bridgehead atoms. The molecule has 3 nitrogen and oxygen atoms in total. The molecule has 0 unspecified atom stereocenters. The van der Waals surface area contributed by atoms with E-state index >= 15 is 0 Å². The molecule has 0 radical (unpaired) electrons. The minimum Gasteiger partial charge on any atom is -0.368 e. The summed E-state index contributed by atoms with van der Waals surface area (Å²) in [6.45, 7) is 0. The largest absolute Gasteiger partial charge is 0.368 e. The smallest absolute Gasteiger partial charge is 0.151 e. The van der Waals surface area contributed by atoms with Gasteiger partial charge in [-0.2, -0.15) is 0 Å². The fourth-order valence-corrected chi connectivity index (χ4v) is 1.80. The van der Waals surface area contributed by atoms with Gasteiger partial charge in [0.25, 0.3) is 0 Å². The van der Waals surface area contributed by atoms with Crippen LogP contribution < -0.4 is 5.73 Å². The van der Waals surface area contributed by atoms with E-state index in [1.165, 1.54) is 12.8 Å². The van der Waals surface area contributed by atoms with Crippen LogP contribution in [0.1, 0.15) is 32.1 Å². The predicted molar refractivity (Wildman–Crippen MR) is 42.8 cm³/mol. The Morgan fingerprint density at radius 3 is 2.45 bits per heavy atom. The van der Waals surface area contributed by atoms with Crippen LogP contribution >= 0.6 is 0 Å². The first-order valence-electron chi connectivity index (χ1n) is 4.32. The van der Waals surface area contributed by atoms with E-state index in [1.54, 1.807) is 0 Å². The van der Waals surface area contributed by atoms with Crippen molar-refractivity contribution in [2.45, 2.75) is 44.4 Å². The number of aliphatic hydroxyl groups excluding tert-OH is 1. The van der Waals surface area contributed by atoms with Crippen LogP contribution in [0.5, 0.6) is 0 Å². The number of hydrogen-bond donors (Lipinski definition) is 3. The molecule has 1 aliphatic carbocycles. The van der Waals surface area contributed by atoms with Crippen molar-refractivity contribution >= 4 is 0 Å². The second kappa shape index (κ2) is 4.04. The van der Waals surface area contributed by atoms with Gasteiger partial charge in [0.2, 0.25) is 0 Å². The lowest BCUT2D eigenvalue weighted by atomic mass is 9.83. The Morgan fingerprint density at radius 2 is 1.91 bits per heavy atom. The van der Waals surface area contributed by atoms with Gasteiger partial charge < -0.3 is 15.9 Å². The van der Waals surface area contributed by atoms with Crippen LogP contribution in [0.2, 0.25) is 0 Å². The molecule has 0 amide bonds. The van der Waals surface area contributed by atoms with Crippen molar-refractivity contribution < 1.29 is 10.2 Å². The average Bonchev–Trinajstić information content (AvgIpc) is 1.93. The van der Waals surface area contributed by atoms with Gasteiger partial charge in [0.05, 0.1) is 0 Å². The summed E-state index contributed by atoms with van der Waals surface area (Å²) in [5, 5.41) is 17.4. The lowest BCUT2D eigenvalue weighted by Gasteiger charge is -2.28. The topological polar surface area (TPSA) is 66.5 Å². The monoisotopic (exact) mass is 159 g/mol. The van der Waals surface area contributed by atoms with Crippen LogP contribution in [0.3, 0.4) is 0 Å². The Labute approximate surface area is 67.2 Å². The second-order valence-corrected chi connectivity index (χ2v) is 3.42. The predicted octanol–water partition coefficient (Wildman–Crippen LogP) is 0.205. The van der Waals surface area contributed by atoms with Gasteiger partial charge in [-0.3, -0.25) is 0 Å². The molecule has 1 rings (SSSR count). The minimum absolute atomic E-state index is 0.186. The van der Waals surface area contributed by atoms with Gasteiger partial charge in [0.1, 0.15) is 0 Å². The van der Waals surface area contributed by atoms with E-state index in [2.05, 4.69) is 0 Å². The molecule has 66 valence electrons. The van der Waals surface area contributed by atoms with Gasteiger partial charge in [-0.1, -0.05) is 12.8 Å². The average molecular weight is 159 g/mol. The molecule has 11 heavy (non-hydrogen) atoms. The molecule has 0 spiro atoms. The van der Waals surface area contributed by atoms with Crippen LogP contribution in [0, 0.1) is 5.92 Å². The van der Waals surface area contributed by atoms with Crippen molar-refractivity contribution in [2.24, 2.45) is 11.7 Å². The lowest BCUT2D eigenvalue weighted by molar-refractivity contribution is -0.0606. The van der Waals surface area contributed by atoms with Gasteiger partial charge in [0, 0.05) is 12.5 Å². The molecule has 1 fully saturated rings. The number of nitrogens with two attached hydrogens (primary N) is 1. The van der Waals surface area contributed by atoms with Crippen molar-refractivity contribution in [1.82, 2.24) is 0 Å². The summed E-state index contributed by atoms with van der Waals surface area (Å²) in [4.78, 5) is 0. The molecular weight excluding hydrogens is 142 g/mol. The van der Waals surface area contributed by atoms with E-state index < -0.39 is 6.29 Å². The zero-order valence-electron chi connectivity index (χ0n) is 6.74. The van der Waals surface area contributed by atoms with Crippen LogP contribution in [0.4, 0.5) is 0 Å². The Kier molecular flexibility index (Phi) is 3.30. The van der Waals surface area contributed by atoms with Gasteiger partial charge in [-0.15, -0.1) is 0 Å². The SMILES string of the molecule is N[C@H]1CCCC[C@H]1CC(O)O. The summed E-state index contributed by atoms with van der Waals surface area (Å²) >= 11 is 0. The lowest BCUT2D eigenvalue weighted by Crippen LogP contribution is -2.35. The van der Waals surface area contributed by atoms with E-state index in [-0.39, 0.29) is 6.04 Å². The summed E-state index contributed by atoms with van der Waals surface area (Å²) in [5.41, 5.74) is 5.81. The molecule has 1 saturated carbocycles. The van der Waals surface area contributed by atoms with Gasteiger partial charge >= 0.3 is 0 Å². The van der Waals surface area contributed by atoms with Gasteiger partial charge in [-0.25, -0.2) is 0 Å². The highest BCUT2D eigenvalue weighted by atomic mass is 16.5. The van der Waals surface area contributed by atoms with Gasteiger partial charge in [0.15, 0.2) is 6.29 Å². The van der Waals surface area contributed by atoms with Crippen molar-refractivity contribution in [3.8, 4) is 0 Å². The highest BCUT2D eigenvalue weighted by Gasteiger charge is 2.23. The fourth-order valence-electron chi connectivity index (χ4n) is 1.80. The van der Waals surface area contributed by atoms with E-state index in [0.717, 1.165) is 12.8 Å². The Morgan fingerprint density at radius 1 is 1.27 bits per heavy atom.